The van der Waals surface area contributed by atoms with E-state index < -0.39 is 0 Å². The van der Waals surface area contributed by atoms with Crippen LogP contribution in [0.3, 0.4) is 0 Å². The van der Waals surface area contributed by atoms with E-state index in [0.717, 1.165) is 27.9 Å². The van der Waals surface area contributed by atoms with E-state index in [1.807, 2.05) is 90.4 Å². The summed E-state index contributed by atoms with van der Waals surface area (Å²) in [6, 6.07) is 25.2. The molecular weight excluding hydrogens is 460 g/mol. The van der Waals surface area contributed by atoms with Gasteiger partial charge in [0.15, 0.2) is 16.7 Å². The Labute approximate surface area is 209 Å². The summed E-state index contributed by atoms with van der Waals surface area (Å²) in [4.78, 5) is 15.1. The summed E-state index contributed by atoms with van der Waals surface area (Å²) in [5, 5.41) is 9.52. The molecule has 1 heterocycles. The van der Waals surface area contributed by atoms with Gasteiger partial charge in [0.05, 0.1) is 20.0 Å². The topological polar surface area (TPSA) is 69.5 Å². The first kappa shape index (κ1) is 24.3. The zero-order valence-electron chi connectivity index (χ0n) is 20.0. The molecule has 7 nitrogen and oxygen atoms in total. The normalized spacial score (nSPS) is 10.7. The van der Waals surface area contributed by atoms with Crippen molar-refractivity contribution in [2.24, 2.45) is 0 Å². The molecule has 0 spiro atoms. The summed E-state index contributed by atoms with van der Waals surface area (Å²) < 4.78 is 12.8. The fraction of sp³-hybridized carbons (Fsp3) is 0.222. The molecule has 0 saturated heterocycles. The molecule has 0 N–H and O–H groups in total. The third-order valence-electron chi connectivity index (χ3n) is 5.52. The van der Waals surface area contributed by atoms with Gasteiger partial charge in [-0.05, 0) is 48.9 Å². The van der Waals surface area contributed by atoms with Crippen molar-refractivity contribution in [3.8, 4) is 11.5 Å². The SMILES string of the molecule is CCn1c(Cc2ccc(OC)c(OC)c2)nnc1SCC(=O)N(c1ccccc1)c1ccccc1. The molecule has 180 valence electrons. The summed E-state index contributed by atoms with van der Waals surface area (Å²) in [6.07, 6.45) is 0.593. The predicted octanol–water partition coefficient (Wildman–Crippen LogP) is 5.36. The highest BCUT2D eigenvalue weighted by atomic mass is 32.2. The lowest BCUT2D eigenvalue weighted by atomic mass is 10.1. The molecule has 4 rings (SSSR count). The van der Waals surface area contributed by atoms with Crippen molar-refractivity contribution in [2.75, 3.05) is 24.9 Å². The number of aromatic nitrogens is 3. The van der Waals surface area contributed by atoms with Crippen LogP contribution >= 0.6 is 11.8 Å². The van der Waals surface area contributed by atoms with Crippen molar-refractivity contribution in [2.45, 2.75) is 25.0 Å². The average Bonchev–Trinajstić information content (AvgIpc) is 3.30. The Morgan fingerprint density at radius 3 is 2.09 bits per heavy atom. The minimum atomic E-state index is -0.0282. The number of nitrogens with zero attached hydrogens (tertiary/aromatic N) is 4. The number of hydrogen-bond donors (Lipinski definition) is 0. The number of hydrogen-bond acceptors (Lipinski definition) is 6. The Morgan fingerprint density at radius 1 is 0.886 bits per heavy atom. The first-order valence-electron chi connectivity index (χ1n) is 11.3. The Bertz CT molecular complexity index is 1220. The molecular formula is C27H28N4O3S. The van der Waals surface area contributed by atoms with Crippen molar-refractivity contribution in [1.82, 2.24) is 14.8 Å². The molecule has 0 unspecified atom stereocenters. The molecule has 0 saturated carbocycles. The van der Waals surface area contributed by atoms with Crippen molar-refractivity contribution < 1.29 is 14.3 Å². The zero-order valence-corrected chi connectivity index (χ0v) is 20.9. The van der Waals surface area contributed by atoms with Crippen molar-refractivity contribution in [3.63, 3.8) is 0 Å². The molecule has 35 heavy (non-hydrogen) atoms. The third-order valence-corrected chi connectivity index (χ3v) is 6.47. The Balaban J connectivity index is 1.51. The molecule has 4 aromatic rings. The lowest BCUT2D eigenvalue weighted by molar-refractivity contribution is -0.115. The van der Waals surface area contributed by atoms with Crippen LogP contribution in [0.15, 0.2) is 84.0 Å². The van der Waals surface area contributed by atoms with Crippen LogP contribution < -0.4 is 14.4 Å². The predicted molar refractivity (Wildman–Crippen MR) is 139 cm³/mol. The maximum atomic E-state index is 13.4. The molecule has 1 aromatic heterocycles. The molecule has 0 bridgehead atoms. The highest BCUT2D eigenvalue weighted by molar-refractivity contribution is 7.99. The van der Waals surface area contributed by atoms with Crippen LogP contribution in [-0.2, 0) is 17.8 Å². The second-order valence-corrected chi connectivity index (χ2v) is 8.64. The van der Waals surface area contributed by atoms with Gasteiger partial charge in [-0.1, -0.05) is 54.2 Å². The Kier molecular flexibility index (Phi) is 8.05. The fourth-order valence-electron chi connectivity index (χ4n) is 3.83. The van der Waals surface area contributed by atoms with Crippen LogP contribution in [0.1, 0.15) is 18.3 Å². The monoisotopic (exact) mass is 488 g/mol. The van der Waals surface area contributed by atoms with Crippen LogP contribution in [0.4, 0.5) is 11.4 Å². The van der Waals surface area contributed by atoms with Gasteiger partial charge < -0.3 is 14.0 Å². The highest BCUT2D eigenvalue weighted by Crippen LogP contribution is 2.30. The zero-order chi connectivity index (χ0) is 24.6. The van der Waals surface area contributed by atoms with E-state index in [0.29, 0.717) is 24.5 Å². The van der Waals surface area contributed by atoms with Crippen molar-refractivity contribution >= 4 is 29.0 Å². The number of carbonyl (C=O) groups excluding carboxylic acids is 1. The summed E-state index contributed by atoms with van der Waals surface area (Å²) in [7, 11) is 3.24. The van der Waals surface area contributed by atoms with E-state index in [9.17, 15) is 4.79 Å². The van der Waals surface area contributed by atoms with Gasteiger partial charge in [0, 0.05) is 24.3 Å². The number of benzene rings is 3. The number of methoxy groups -OCH3 is 2. The number of carbonyl (C=O) groups is 1. The number of ether oxygens (including phenoxy) is 2. The van der Waals surface area contributed by atoms with Gasteiger partial charge in [0.2, 0.25) is 5.91 Å². The van der Waals surface area contributed by atoms with Gasteiger partial charge in [0.25, 0.3) is 0 Å². The smallest absolute Gasteiger partial charge is 0.242 e. The summed E-state index contributed by atoms with van der Waals surface area (Å²) >= 11 is 1.40. The van der Waals surface area contributed by atoms with Crippen molar-refractivity contribution in [3.05, 3.63) is 90.3 Å². The second-order valence-electron chi connectivity index (χ2n) is 7.70. The third kappa shape index (κ3) is 5.66. The summed E-state index contributed by atoms with van der Waals surface area (Å²) in [5.74, 6) is 2.40. The van der Waals surface area contributed by atoms with Gasteiger partial charge in [-0.15, -0.1) is 10.2 Å². The first-order chi connectivity index (χ1) is 17.1. The van der Waals surface area contributed by atoms with E-state index in [1.165, 1.54) is 11.8 Å². The van der Waals surface area contributed by atoms with Crippen molar-refractivity contribution in [1.29, 1.82) is 0 Å². The molecule has 0 aliphatic heterocycles. The summed E-state index contributed by atoms with van der Waals surface area (Å²) in [6.45, 7) is 2.75. The fourth-order valence-corrected chi connectivity index (χ4v) is 4.70. The van der Waals surface area contributed by atoms with Crippen LogP contribution in [0.5, 0.6) is 11.5 Å². The van der Waals surface area contributed by atoms with E-state index >= 15 is 0 Å². The number of para-hydroxylation sites is 2. The summed E-state index contributed by atoms with van der Waals surface area (Å²) in [5.41, 5.74) is 2.70. The molecule has 0 radical (unpaired) electrons. The number of amides is 1. The maximum Gasteiger partial charge on any atom is 0.242 e. The maximum absolute atomic E-state index is 13.4. The lowest BCUT2D eigenvalue weighted by Crippen LogP contribution is -2.27. The first-order valence-corrected chi connectivity index (χ1v) is 12.3. The number of thioether (sulfide) groups is 1. The minimum Gasteiger partial charge on any atom is -0.493 e. The Morgan fingerprint density at radius 2 is 1.51 bits per heavy atom. The molecule has 1 amide bonds. The molecule has 8 heteroatoms. The molecule has 3 aromatic carbocycles. The van der Waals surface area contributed by atoms with Gasteiger partial charge in [-0.3, -0.25) is 9.69 Å². The number of anilines is 2. The molecule has 0 aliphatic carbocycles. The van der Waals surface area contributed by atoms with E-state index in [-0.39, 0.29) is 11.7 Å². The quantitative estimate of drug-likeness (QED) is 0.280. The van der Waals surface area contributed by atoms with Gasteiger partial charge >= 0.3 is 0 Å². The number of rotatable bonds is 10. The van der Waals surface area contributed by atoms with Gasteiger partial charge in [0.1, 0.15) is 5.82 Å². The molecule has 0 fully saturated rings. The molecule has 0 atom stereocenters. The second kappa shape index (κ2) is 11.6. The van der Waals surface area contributed by atoms with E-state index in [1.54, 1.807) is 19.1 Å². The standard InChI is InChI=1S/C27H28N4O3S/c1-4-30-25(18-20-15-16-23(33-2)24(17-20)34-3)28-29-27(30)35-19-26(32)31(21-11-7-5-8-12-21)22-13-9-6-10-14-22/h5-17H,4,18-19H2,1-3H3. The van der Waals surface area contributed by atoms with E-state index in [4.69, 9.17) is 9.47 Å². The van der Waals surface area contributed by atoms with Crippen LogP contribution in [0.25, 0.3) is 0 Å². The Hall–Kier alpha value is -3.78. The lowest BCUT2D eigenvalue weighted by Gasteiger charge is -2.23. The molecule has 0 aliphatic rings. The minimum absolute atomic E-state index is 0.0282. The van der Waals surface area contributed by atoms with E-state index in [2.05, 4.69) is 10.2 Å². The van der Waals surface area contributed by atoms with Crippen LogP contribution in [0.2, 0.25) is 0 Å². The average molecular weight is 489 g/mol. The highest BCUT2D eigenvalue weighted by Gasteiger charge is 2.20. The van der Waals surface area contributed by atoms with Gasteiger partial charge in [-0.25, -0.2) is 0 Å². The van der Waals surface area contributed by atoms with Crippen LogP contribution in [-0.4, -0.2) is 40.6 Å². The van der Waals surface area contributed by atoms with Gasteiger partial charge in [-0.2, -0.15) is 0 Å². The largest absolute Gasteiger partial charge is 0.493 e. The van der Waals surface area contributed by atoms with Crippen LogP contribution in [0, 0.1) is 0 Å².